The Kier molecular flexibility index (Phi) is 11.0. The molecule has 0 bridgehead atoms. The molecule has 1 aliphatic rings. The molecular weight excluding hydrogens is 478 g/mol. The third-order valence-corrected chi connectivity index (χ3v) is 6.44. The van der Waals surface area contributed by atoms with Crippen molar-refractivity contribution in [1.29, 1.82) is 0 Å². The summed E-state index contributed by atoms with van der Waals surface area (Å²) < 4.78 is 0. The Morgan fingerprint density at radius 2 is 1.57 bits per heavy atom. The summed E-state index contributed by atoms with van der Waals surface area (Å²) in [6, 6.07) is 5.13. The molecule has 1 aromatic rings. The molecule has 0 spiro atoms. The summed E-state index contributed by atoms with van der Waals surface area (Å²) in [5, 5.41) is 17.5. The van der Waals surface area contributed by atoms with Gasteiger partial charge in [-0.3, -0.25) is 19.2 Å². The first-order valence-electron chi connectivity index (χ1n) is 12.6. The molecule has 0 radical (unpaired) electrons. The Morgan fingerprint density at radius 1 is 0.946 bits per heavy atom. The Hall–Kier alpha value is -3.47. The smallest absolute Gasteiger partial charge is 0.326 e. The van der Waals surface area contributed by atoms with Gasteiger partial charge in [-0.1, -0.05) is 58.0 Å². The average Bonchev–Trinajstić information content (AvgIpc) is 3.34. The SMILES string of the molecule is CC(C)[C@H](NC(=O)[C@H](Cc1ccccc1)NC(=O)[C@@H](NC(=O)[C@@H]1CCCN1C(=O)CN)C(C)C)C(=O)O. The van der Waals surface area contributed by atoms with Crippen molar-refractivity contribution in [3.05, 3.63) is 35.9 Å². The summed E-state index contributed by atoms with van der Waals surface area (Å²) in [5.74, 6) is -3.87. The maximum atomic E-state index is 13.3. The van der Waals surface area contributed by atoms with Crippen molar-refractivity contribution in [3.63, 3.8) is 0 Å². The topological polar surface area (TPSA) is 171 Å². The first-order valence-corrected chi connectivity index (χ1v) is 12.6. The lowest BCUT2D eigenvalue weighted by molar-refractivity contribution is -0.143. The molecule has 4 amide bonds. The molecule has 1 saturated heterocycles. The number of nitrogens with one attached hydrogen (secondary N) is 3. The van der Waals surface area contributed by atoms with Crippen LogP contribution in [0.1, 0.15) is 46.1 Å². The van der Waals surface area contributed by atoms with E-state index in [-0.39, 0.29) is 30.7 Å². The lowest BCUT2D eigenvalue weighted by atomic mass is 9.99. The molecule has 11 heteroatoms. The number of hydrogen-bond acceptors (Lipinski definition) is 6. The molecule has 37 heavy (non-hydrogen) atoms. The van der Waals surface area contributed by atoms with E-state index in [1.807, 2.05) is 6.07 Å². The fraction of sp³-hybridized carbons (Fsp3) is 0.577. The van der Waals surface area contributed by atoms with Crippen molar-refractivity contribution in [3.8, 4) is 0 Å². The van der Waals surface area contributed by atoms with E-state index in [1.165, 1.54) is 4.90 Å². The van der Waals surface area contributed by atoms with Gasteiger partial charge in [0.1, 0.15) is 24.2 Å². The largest absolute Gasteiger partial charge is 0.480 e. The highest BCUT2D eigenvalue weighted by Gasteiger charge is 2.37. The number of benzene rings is 1. The monoisotopic (exact) mass is 517 g/mol. The zero-order valence-electron chi connectivity index (χ0n) is 21.9. The molecule has 1 aliphatic heterocycles. The van der Waals surface area contributed by atoms with Crippen LogP contribution in [-0.4, -0.2) is 76.9 Å². The maximum absolute atomic E-state index is 13.3. The summed E-state index contributed by atoms with van der Waals surface area (Å²) in [7, 11) is 0. The van der Waals surface area contributed by atoms with Crippen LogP contribution in [0.2, 0.25) is 0 Å². The highest BCUT2D eigenvalue weighted by molar-refractivity contribution is 5.95. The summed E-state index contributed by atoms with van der Waals surface area (Å²) in [4.78, 5) is 64.7. The Bertz CT molecular complexity index is 967. The third kappa shape index (κ3) is 8.28. The van der Waals surface area contributed by atoms with Gasteiger partial charge in [-0.15, -0.1) is 0 Å². The average molecular weight is 518 g/mol. The number of carboxylic acid groups (broad SMARTS) is 1. The Morgan fingerprint density at radius 3 is 2.11 bits per heavy atom. The second kappa shape index (κ2) is 13.7. The van der Waals surface area contributed by atoms with Gasteiger partial charge in [-0.2, -0.15) is 0 Å². The molecule has 0 aliphatic carbocycles. The molecule has 0 unspecified atom stereocenters. The van der Waals surface area contributed by atoms with Crippen LogP contribution in [0.4, 0.5) is 0 Å². The number of carbonyl (C=O) groups excluding carboxylic acids is 4. The van der Waals surface area contributed by atoms with Gasteiger partial charge in [0.25, 0.3) is 0 Å². The molecule has 1 heterocycles. The van der Waals surface area contributed by atoms with E-state index < -0.39 is 47.9 Å². The molecular formula is C26H39N5O6. The highest BCUT2D eigenvalue weighted by atomic mass is 16.4. The number of hydrogen-bond donors (Lipinski definition) is 5. The first-order chi connectivity index (χ1) is 17.5. The number of amides is 4. The van der Waals surface area contributed by atoms with Crippen LogP contribution in [0.3, 0.4) is 0 Å². The lowest BCUT2D eigenvalue weighted by Crippen LogP contribution is -2.59. The van der Waals surface area contributed by atoms with E-state index in [0.29, 0.717) is 19.4 Å². The van der Waals surface area contributed by atoms with E-state index in [9.17, 15) is 29.1 Å². The van der Waals surface area contributed by atoms with E-state index >= 15 is 0 Å². The molecule has 204 valence electrons. The van der Waals surface area contributed by atoms with Crippen LogP contribution < -0.4 is 21.7 Å². The van der Waals surface area contributed by atoms with Crippen LogP contribution in [0.15, 0.2) is 30.3 Å². The minimum Gasteiger partial charge on any atom is -0.480 e. The van der Waals surface area contributed by atoms with Gasteiger partial charge in [0.15, 0.2) is 0 Å². The number of nitrogens with zero attached hydrogens (tertiary/aromatic N) is 1. The van der Waals surface area contributed by atoms with Crippen molar-refractivity contribution in [2.24, 2.45) is 17.6 Å². The molecule has 0 aromatic heterocycles. The van der Waals surface area contributed by atoms with Gasteiger partial charge >= 0.3 is 5.97 Å². The van der Waals surface area contributed by atoms with Crippen molar-refractivity contribution in [2.45, 2.75) is 71.1 Å². The summed E-state index contributed by atoms with van der Waals surface area (Å²) in [6.45, 7) is 7.08. The van der Waals surface area contributed by atoms with Gasteiger partial charge in [-0.25, -0.2) is 4.79 Å². The molecule has 11 nitrogen and oxygen atoms in total. The van der Waals surface area contributed by atoms with Crippen molar-refractivity contribution < 1.29 is 29.1 Å². The van der Waals surface area contributed by atoms with Crippen LogP contribution in [0.25, 0.3) is 0 Å². The number of likely N-dealkylation sites (tertiary alicyclic amines) is 1. The number of aliphatic carboxylic acids is 1. The van der Waals surface area contributed by atoms with Crippen LogP contribution in [-0.2, 0) is 30.4 Å². The molecule has 4 atom stereocenters. The standard InChI is InChI=1S/C26H39N5O6/c1-15(2)21(29-24(34)19-11-8-12-31(19)20(32)14-27)25(35)28-18(13-17-9-6-5-7-10-17)23(33)30-22(16(3)4)26(36)37/h5-7,9-10,15-16,18-19,21-22H,8,11-14,27H2,1-4H3,(H,28,35)(H,29,34)(H,30,33)(H,36,37)/t18-,19-,21-,22-/m0/s1. The molecule has 6 N–H and O–H groups in total. The fourth-order valence-corrected chi connectivity index (χ4v) is 4.33. The second-order valence-corrected chi connectivity index (χ2v) is 10.00. The van der Waals surface area contributed by atoms with Gasteiger partial charge < -0.3 is 31.7 Å². The lowest BCUT2D eigenvalue weighted by Gasteiger charge is -2.29. The zero-order valence-corrected chi connectivity index (χ0v) is 21.9. The molecule has 0 saturated carbocycles. The van der Waals surface area contributed by atoms with Gasteiger partial charge in [0.2, 0.25) is 23.6 Å². The zero-order chi connectivity index (χ0) is 27.7. The summed E-state index contributed by atoms with van der Waals surface area (Å²) in [5.41, 5.74) is 6.24. The first kappa shape index (κ1) is 29.8. The number of nitrogens with two attached hydrogens (primary N) is 1. The Labute approximate surface area is 217 Å². The molecule has 1 aromatic carbocycles. The van der Waals surface area contributed by atoms with E-state index in [1.54, 1.807) is 52.0 Å². The third-order valence-electron chi connectivity index (χ3n) is 6.44. The fourth-order valence-electron chi connectivity index (χ4n) is 4.33. The summed E-state index contributed by atoms with van der Waals surface area (Å²) >= 11 is 0. The van der Waals surface area contributed by atoms with Crippen molar-refractivity contribution >= 4 is 29.6 Å². The van der Waals surface area contributed by atoms with Crippen LogP contribution in [0, 0.1) is 11.8 Å². The number of rotatable bonds is 12. The van der Waals surface area contributed by atoms with E-state index in [0.717, 1.165) is 5.56 Å². The van der Waals surface area contributed by atoms with Crippen LogP contribution in [0.5, 0.6) is 0 Å². The van der Waals surface area contributed by atoms with Crippen molar-refractivity contribution in [2.75, 3.05) is 13.1 Å². The van der Waals surface area contributed by atoms with E-state index in [4.69, 9.17) is 5.73 Å². The molecule has 2 rings (SSSR count). The van der Waals surface area contributed by atoms with E-state index in [2.05, 4.69) is 16.0 Å². The number of carbonyl (C=O) groups is 5. The molecule has 1 fully saturated rings. The minimum atomic E-state index is -1.17. The second-order valence-electron chi connectivity index (χ2n) is 10.00. The Balaban J connectivity index is 2.21. The minimum absolute atomic E-state index is 0.128. The summed E-state index contributed by atoms with van der Waals surface area (Å²) in [6.07, 6.45) is 1.25. The van der Waals surface area contributed by atoms with Crippen LogP contribution >= 0.6 is 0 Å². The highest BCUT2D eigenvalue weighted by Crippen LogP contribution is 2.18. The van der Waals surface area contributed by atoms with Gasteiger partial charge in [0.05, 0.1) is 6.54 Å². The maximum Gasteiger partial charge on any atom is 0.326 e. The predicted molar refractivity (Wildman–Crippen MR) is 137 cm³/mol. The van der Waals surface area contributed by atoms with Gasteiger partial charge in [0, 0.05) is 13.0 Å². The van der Waals surface area contributed by atoms with Crippen molar-refractivity contribution in [1.82, 2.24) is 20.9 Å². The number of carboxylic acids is 1. The predicted octanol–water partition coefficient (Wildman–Crippen LogP) is 0.0298. The van der Waals surface area contributed by atoms with Gasteiger partial charge in [-0.05, 0) is 30.2 Å². The normalized spacial score (nSPS) is 17.7. The quantitative estimate of drug-likeness (QED) is 0.260.